The summed E-state index contributed by atoms with van der Waals surface area (Å²) >= 11 is 1.53. The molecule has 2 aromatic rings. The number of carboxylic acids is 1. The van der Waals surface area contributed by atoms with E-state index in [4.69, 9.17) is 14.4 Å². The van der Waals surface area contributed by atoms with Gasteiger partial charge in [-0.25, -0.2) is 4.79 Å². The number of hydrogen-bond acceptors (Lipinski definition) is 7. The number of amides is 1. The third-order valence-electron chi connectivity index (χ3n) is 3.72. The molecule has 0 aliphatic carbocycles. The second-order valence-corrected chi connectivity index (χ2v) is 6.31. The van der Waals surface area contributed by atoms with Crippen molar-refractivity contribution in [3.63, 3.8) is 0 Å². The molecule has 1 atom stereocenters. The van der Waals surface area contributed by atoms with Crippen molar-refractivity contribution in [1.82, 2.24) is 15.0 Å². The molecule has 9 heteroatoms. The number of carbonyl (C=O) groups is 2. The maximum absolute atomic E-state index is 12.2. The average Bonchev–Trinajstić information content (AvgIpc) is 3.26. The standard InChI is InChI=1S/C15H17N3O5S/c19-13(18-6-7-22-9-10(18)15(20)21)5-1-4-12-16-14(17-23-12)11-3-2-8-24-11/h2-3,8,10H,1,4-7,9H2,(H,20,21). The van der Waals surface area contributed by atoms with Crippen molar-refractivity contribution in [2.24, 2.45) is 0 Å². The Hall–Kier alpha value is -2.26. The van der Waals surface area contributed by atoms with E-state index in [1.807, 2.05) is 17.5 Å². The van der Waals surface area contributed by atoms with Crippen LogP contribution in [0.15, 0.2) is 22.0 Å². The summed E-state index contributed by atoms with van der Waals surface area (Å²) in [5.74, 6) is -0.211. The predicted molar refractivity (Wildman–Crippen MR) is 84.5 cm³/mol. The van der Waals surface area contributed by atoms with Gasteiger partial charge >= 0.3 is 5.97 Å². The van der Waals surface area contributed by atoms with Crippen LogP contribution in [0, 0.1) is 0 Å². The summed E-state index contributed by atoms with van der Waals surface area (Å²) in [7, 11) is 0. The lowest BCUT2D eigenvalue weighted by atomic mass is 10.1. The Morgan fingerprint density at radius 2 is 2.33 bits per heavy atom. The molecule has 0 radical (unpaired) electrons. The largest absolute Gasteiger partial charge is 0.480 e. The summed E-state index contributed by atoms with van der Waals surface area (Å²) in [5, 5.41) is 15.0. The van der Waals surface area contributed by atoms with Gasteiger partial charge in [0.15, 0.2) is 6.04 Å². The Labute approximate surface area is 142 Å². The maximum atomic E-state index is 12.2. The summed E-state index contributed by atoms with van der Waals surface area (Å²) in [4.78, 5) is 30.0. The van der Waals surface area contributed by atoms with Crippen LogP contribution in [-0.2, 0) is 20.7 Å². The molecule has 0 aromatic carbocycles. The van der Waals surface area contributed by atoms with E-state index in [1.54, 1.807) is 0 Å². The number of morpholine rings is 1. The van der Waals surface area contributed by atoms with Crippen LogP contribution < -0.4 is 0 Å². The van der Waals surface area contributed by atoms with Crippen molar-refractivity contribution < 1.29 is 24.0 Å². The minimum Gasteiger partial charge on any atom is -0.480 e. The number of carbonyl (C=O) groups excluding carboxylic acids is 1. The fourth-order valence-corrected chi connectivity index (χ4v) is 3.15. The number of aromatic nitrogens is 2. The lowest BCUT2D eigenvalue weighted by molar-refractivity contribution is -0.158. The third kappa shape index (κ3) is 3.80. The van der Waals surface area contributed by atoms with Crippen LogP contribution in [0.2, 0.25) is 0 Å². The fourth-order valence-electron chi connectivity index (χ4n) is 2.50. The number of aryl methyl sites for hydroxylation is 1. The molecular weight excluding hydrogens is 334 g/mol. The van der Waals surface area contributed by atoms with Crippen LogP contribution in [0.25, 0.3) is 10.7 Å². The quantitative estimate of drug-likeness (QED) is 0.839. The molecule has 1 amide bonds. The Morgan fingerprint density at radius 3 is 3.08 bits per heavy atom. The Morgan fingerprint density at radius 1 is 1.46 bits per heavy atom. The minimum absolute atomic E-state index is 0.0366. The molecule has 1 saturated heterocycles. The molecular formula is C15H17N3O5S. The van der Waals surface area contributed by atoms with E-state index >= 15 is 0 Å². The minimum atomic E-state index is -1.04. The zero-order chi connectivity index (χ0) is 16.9. The van der Waals surface area contributed by atoms with Gasteiger partial charge in [0, 0.05) is 19.4 Å². The summed E-state index contributed by atoms with van der Waals surface area (Å²) in [5.41, 5.74) is 0. The molecule has 1 unspecified atom stereocenters. The summed E-state index contributed by atoms with van der Waals surface area (Å²) in [6, 6.07) is 2.92. The van der Waals surface area contributed by atoms with Gasteiger partial charge in [0.05, 0.1) is 18.1 Å². The van der Waals surface area contributed by atoms with Gasteiger partial charge in [0.25, 0.3) is 0 Å². The Bertz CT molecular complexity index is 700. The van der Waals surface area contributed by atoms with Crippen LogP contribution in [0.5, 0.6) is 0 Å². The van der Waals surface area contributed by atoms with Crippen LogP contribution in [0.4, 0.5) is 0 Å². The van der Waals surface area contributed by atoms with E-state index in [1.165, 1.54) is 16.2 Å². The highest BCUT2D eigenvalue weighted by Gasteiger charge is 2.32. The molecule has 8 nitrogen and oxygen atoms in total. The van der Waals surface area contributed by atoms with E-state index < -0.39 is 12.0 Å². The lowest BCUT2D eigenvalue weighted by Crippen LogP contribution is -2.52. The topological polar surface area (TPSA) is 106 Å². The molecule has 1 aliphatic heterocycles. The van der Waals surface area contributed by atoms with Gasteiger partial charge in [-0.15, -0.1) is 11.3 Å². The first-order valence-electron chi connectivity index (χ1n) is 7.61. The average molecular weight is 351 g/mol. The van der Waals surface area contributed by atoms with Gasteiger partial charge in [-0.3, -0.25) is 4.79 Å². The molecule has 1 aliphatic rings. The summed E-state index contributed by atoms with van der Waals surface area (Å²) < 4.78 is 10.3. The zero-order valence-corrected chi connectivity index (χ0v) is 13.7. The van der Waals surface area contributed by atoms with Crippen molar-refractivity contribution in [2.75, 3.05) is 19.8 Å². The van der Waals surface area contributed by atoms with Gasteiger partial charge in [-0.1, -0.05) is 11.2 Å². The van der Waals surface area contributed by atoms with Gasteiger partial charge in [-0.2, -0.15) is 4.98 Å². The Kier molecular flexibility index (Phi) is 5.21. The number of ether oxygens (including phenoxy) is 1. The smallest absolute Gasteiger partial charge is 0.328 e. The van der Waals surface area contributed by atoms with Crippen LogP contribution in [0.3, 0.4) is 0 Å². The van der Waals surface area contributed by atoms with Crippen molar-refractivity contribution >= 4 is 23.2 Å². The molecule has 0 saturated carbocycles. The molecule has 128 valence electrons. The molecule has 3 rings (SSSR count). The van der Waals surface area contributed by atoms with Crippen LogP contribution in [-0.4, -0.2) is 57.8 Å². The normalized spacial score (nSPS) is 17.8. The van der Waals surface area contributed by atoms with E-state index in [0.29, 0.717) is 37.7 Å². The number of aliphatic carboxylic acids is 1. The molecule has 3 heterocycles. The number of rotatable bonds is 6. The second-order valence-electron chi connectivity index (χ2n) is 5.36. The molecule has 1 fully saturated rings. The number of nitrogens with zero attached hydrogens (tertiary/aromatic N) is 3. The first-order valence-corrected chi connectivity index (χ1v) is 8.49. The SMILES string of the molecule is O=C(O)C1COCCN1C(=O)CCCc1nc(-c2cccs2)no1. The van der Waals surface area contributed by atoms with Gasteiger partial charge < -0.3 is 19.3 Å². The first-order chi connectivity index (χ1) is 11.6. The molecule has 0 spiro atoms. The zero-order valence-electron chi connectivity index (χ0n) is 12.9. The van der Waals surface area contributed by atoms with Crippen LogP contribution >= 0.6 is 11.3 Å². The molecule has 0 bridgehead atoms. The highest BCUT2D eigenvalue weighted by Crippen LogP contribution is 2.21. The second kappa shape index (κ2) is 7.54. The van der Waals surface area contributed by atoms with Crippen LogP contribution in [0.1, 0.15) is 18.7 Å². The molecule has 24 heavy (non-hydrogen) atoms. The predicted octanol–water partition coefficient (Wildman–Crippen LogP) is 1.43. The van der Waals surface area contributed by atoms with Gasteiger partial charge in [0.1, 0.15) is 0 Å². The maximum Gasteiger partial charge on any atom is 0.328 e. The highest BCUT2D eigenvalue weighted by atomic mass is 32.1. The fraction of sp³-hybridized carbons (Fsp3) is 0.467. The lowest BCUT2D eigenvalue weighted by Gasteiger charge is -2.32. The van der Waals surface area contributed by atoms with E-state index in [-0.39, 0.29) is 18.9 Å². The van der Waals surface area contributed by atoms with E-state index in [9.17, 15) is 9.59 Å². The number of hydrogen-bond donors (Lipinski definition) is 1. The molecule has 2 aromatic heterocycles. The number of carboxylic acid groups (broad SMARTS) is 1. The third-order valence-corrected chi connectivity index (χ3v) is 4.59. The Balaban J connectivity index is 1.50. The molecule has 1 N–H and O–H groups in total. The van der Waals surface area contributed by atoms with Crippen molar-refractivity contribution in [1.29, 1.82) is 0 Å². The highest BCUT2D eigenvalue weighted by molar-refractivity contribution is 7.13. The van der Waals surface area contributed by atoms with Gasteiger partial charge in [-0.05, 0) is 17.9 Å². The first kappa shape index (κ1) is 16.6. The summed E-state index contributed by atoms with van der Waals surface area (Å²) in [6.07, 6.45) is 1.24. The van der Waals surface area contributed by atoms with Crippen molar-refractivity contribution in [3.05, 3.63) is 23.4 Å². The van der Waals surface area contributed by atoms with Gasteiger partial charge in [0.2, 0.25) is 17.6 Å². The van der Waals surface area contributed by atoms with Crippen molar-refractivity contribution in [2.45, 2.75) is 25.3 Å². The number of thiophene rings is 1. The van der Waals surface area contributed by atoms with E-state index in [0.717, 1.165) is 4.88 Å². The monoisotopic (exact) mass is 351 g/mol. The van der Waals surface area contributed by atoms with E-state index in [2.05, 4.69) is 10.1 Å². The van der Waals surface area contributed by atoms with Crippen molar-refractivity contribution in [3.8, 4) is 10.7 Å². The summed E-state index contributed by atoms with van der Waals surface area (Å²) in [6.45, 7) is 0.705.